The minimum absolute atomic E-state index is 0.158. The Morgan fingerprint density at radius 1 is 1.13 bits per heavy atom. The number of urea groups is 1. The van der Waals surface area contributed by atoms with Crippen LogP contribution >= 0.6 is 0 Å². The fourth-order valence-electron chi connectivity index (χ4n) is 4.56. The normalized spacial score (nSPS) is 28.7. The summed E-state index contributed by atoms with van der Waals surface area (Å²) in [5.74, 6) is 0.825. The van der Waals surface area contributed by atoms with Crippen LogP contribution in [0, 0.1) is 5.92 Å². The highest BCUT2D eigenvalue weighted by Crippen LogP contribution is 2.27. The molecule has 0 aromatic heterocycles. The number of amides is 2. The lowest BCUT2D eigenvalue weighted by molar-refractivity contribution is 0.167. The van der Waals surface area contributed by atoms with Gasteiger partial charge in [-0.05, 0) is 25.7 Å². The quantitative estimate of drug-likeness (QED) is 0.833. The van der Waals surface area contributed by atoms with Crippen molar-refractivity contribution < 1.29 is 4.79 Å². The molecular formula is C18H34N4O. The van der Waals surface area contributed by atoms with Crippen LogP contribution in [0.5, 0.6) is 0 Å². The molecule has 2 aliphatic heterocycles. The highest BCUT2D eigenvalue weighted by molar-refractivity contribution is 5.74. The zero-order valence-electron chi connectivity index (χ0n) is 14.7. The molecule has 23 heavy (non-hydrogen) atoms. The van der Waals surface area contributed by atoms with Crippen molar-refractivity contribution in [2.75, 3.05) is 39.3 Å². The molecule has 3 fully saturated rings. The summed E-state index contributed by atoms with van der Waals surface area (Å²) in [5.41, 5.74) is 0. The van der Waals surface area contributed by atoms with E-state index < -0.39 is 0 Å². The first-order valence-electron chi connectivity index (χ1n) is 9.72. The van der Waals surface area contributed by atoms with Crippen LogP contribution in [0.25, 0.3) is 0 Å². The molecule has 0 radical (unpaired) electrons. The van der Waals surface area contributed by atoms with E-state index in [2.05, 4.69) is 22.5 Å². The number of rotatable bonds is 4. The average molecular weight is 322 g/mol. The van der Waals surface area contributed by atoms with E-state index in [9.17, 15) is 4.79 Å². The summed E-state index contributed by atoms with van der Waals surface area (Å²) in [4.78, 5) is 17.1. The molecule has 2 atom stereocenters. The summed E-state index contributed by atoms with van der Waals surface area (Å²) < 4.78 is 0. The molecule has 2 saturated heterocycles. The van der Waals surface area contributed by atoms with Gasteiger partial charge in [0.15, 0.2) is 0 Å². The molecule has 0 bridgehead atoms. The van der Waals surface area contributed by atoms with Crippen molar-refractivity contribution in [2.45, 2.75) is 64.0 Å². The van der Waals surface area contributed by atoms with Gasteiger partial charge in [0.05, 0.1) is 0 Å². The Morgan fingerprint density at radius 2 is 1.87 bits per heavy atom. The smallest absolute Gasteiger partial charge is 0.317 e. The standard InChI is InChI=1S/C18H34N4O/c1-15(13-16-5-3-2-4-6-16)20-18(23)22-10-7-17(14-22)21-11-8-19-9-12-21/h15-17,19H,2-14H2,1H3,(H,20,23). The lowest BCUT2D eigenvalue weighted by atomic mass is 9.85. The lowest BCUT2D eigenvalue weighted by Gasteiger charge is -2.32. The molecule has 1 saturated carbocycles. The number of nitrogens with one attached hydrogen (secondary N) is 2. The predicted molar refractivity (Wildman–Crippen MR) is 93.6 cm³/mol. The van der Waals surface area contributed by atoms with Gasteiger partial charge in [-0.25, -0.2) is 4.79 Å². The third-order valence-corrected chi connectivity index (χ3v) is 5.90. The fourth-order valence-corrected chi connectivity index (χ4v) is 4.56. The zero-order valence-corrected chi connectivity index (χ0v) is 14.7. The van der Waals surface area contributed by atoms with Crippen molar-refractivity contribution in [2.24, 2.45) is 5.92 Å². The third kappa shape index (κ3) is 4.83. The summed E-state index contributed by atoms with van der Waals surface area (Å²) in [5, 5.41) is 6.65. The molecule has 2 heterocycles. The SMILES string of the molecule is CC(CC1CCCCC1)NC(=O)N1CCC(N2CCNCC2)C1. The summed E-state index contributed by atoms with van der Waals surface area (Å²) in [6.45, 7) is 8.41. The molecule has 0 aromatic carbocycles. The van der Waals surface area contributed by atoms with Crippen molar-refractivity contribution in [1.29, 1.82) is 0 Å². The Bertz CT molecular complexity index is 377. The van der Waals surface area contributed by atoms with Crippen LogP contribution in [-0.4, -0.2) is 67.2 Å². The molecule has 3 aliphatic rings. The van der Waals surface area contributed by atoms with E-state index in [-0.39, 0.29) is 6.03 Å². The van der Waals surface area contributed by atoms with Gasteiger partial charge in [-0.1, -0.05) is 32.1 Å². The van der Waals surface area contributed by atoms with Crippen LogP contribution in [0.4, 0.5) is 4.79 Å². The molecule has 2 N–H and O–H groups in total. The lowest BCUT2D eigenvalue weighted by Crippen LogP contribution is -2.50. The van der Waals surface area contributed by atoms with E-state index in [1.54, 1.807) is 0 Å². The Morgan fingerprint density at radius 3 is 2.61 bits per heavy atom. The summed E-state index contributed by atoms with van der Waals surface area (Å²) in [6.07, 6.45) is 9.15. The van der Waals surface area contributed by atoms with Gasteiger partial charge in [-0.3, -0.25) is 4.90 Å². The molecular weight excluding hydrogens is 288 g/mol. The fraction of sp³-hybridized carbons (Fsp3) is 0.944. The van der Waals surface area contributed by atoms with E-state index >= 15 is 0 Å². The minimum Gasteiger partial charge on any atom is -0.336 e. The maximum Gasteiger partial charge on any atom is 0.317 e. The maximum absolute atomic E-state index is 12.5. The second-order valence-corrected chi connectivity index (χ2v) is 7.76. The van der Waals surface area contributed by atoms with E-state index in [0.29, 0.717) is 12.1 Å². The number of carbonyl (C=O) groups excluding carboxylic acids is 1. The van der Waals surface area contributed by atoms with E-state index in [1.165, 1.54) is 32.1 Å². The first-order chi connectivity index (χ1) is 11.2. The molecule has 132 valence electrons. The Kier molecular flexibility index (Phi) is 6.17. The Labute approximate surface area is 141 Å². The Hall–Kier alpha value is -0.810. The van der Waals surface area contributed by atoms with Gasteiger partial charge in [0.25, 0.3) is 0 Å². The third-order valence-electron chi connectivity index (χ3n) is 5.90. The van der Waals surface area contributed by atoms with Crippen LogP contribution in [0.15, 0.2) is 0 Å². The molecule has 2 unspecified atom stereocenters. The van der Waals surface area contributed by atoms with Gasteiger partial charge in [0, 0.05) is 51.4 Å². The van der Waals surface area contributed by atoms with Crippen LogP contribution < -0.4 is 10.6 Å². The number of hydrogen-bond acceptors (Lipinski definition) is 3. The van der Waals surface area contributed by atoms with E-state index in [0.717, 1.165) is 58.0 Å². The number of likely N-dealkylation sites (tertiary alicyclic amines) is 1. The van der Waals surface area contributed by atoms with Gasteiger partial charge in [0.2, 0.25) is 0 Å². The molecule has 2 amide bonds. The highest BCUT2D eigenvalue weighted by Gasteiger charge is 2.31. The van der Waals surface area contributed by atoms with Crippen molar-refractivity contribution in [3.63, 3.8) is 0 Å². The van der Waals surface area contributed by atoms with Crippen molar-refractivity contribution in [1.82, 2.24) is 20.4 Å². The van der Waals surface area contributed by atoms with Crippen molar-refractivity contribution >= 4 is 6.03 Å². The molecule has 0 aromatic rings. The Balaban J connectivity index is 1.39. The van der Waals surface area contributed by atoms with Crippen LogP contribution in [0.2, 0.25) is 0 Å². The van der Waals surface area contributed by atoms with Crippen molar-refractivity contribution in [3.05, 3.63) is 0 Å². The maximum atomic E-state index is 12.5. The van der Waals surface area contributed by atoms with Gasteiger partial charge >= 0.3 is 6.03 Å². The molecule has 3 rings (SSSR count). The van der Waals surface area contributed by atoms with Gasteiger partial charge in [0.1, 0.15) is 0 Å². The summed E-state index contributed by atoms with van der Waals surface area (Å²) in [6, 6.07) is 1.03. The molecule has 5 heteroatoms. The van der Waals surface area contributed by atoms with Crippen LogP contribution in [-0.2, 0) is 0 Å². The molecule has 1 aliphatic carbocycles. The van der Waals surface area contributed by atoms with Gasteiger partial charge in [-0.15, -0.1) is 0 Å². The summed E-state index contributed by atoms with van der Waals surface area (Å²) in [7, 11) is 0. The monoisotopic (exact) mass is 322 g/mol. The van der Waals surface area contributed by atoms with Crippen molar-refractivity contribution in [3.8, 4) is 0 Å². The van der Waals surface area contributed by atoms with Gasteiger partial charge < -0.3 is 15.5 Å². The largest absolute Gasteiger partial charge is 0.336 e. The highest BCUT2D eigenvalue weighted by atomic mass is 16.2. The molecule has 0 spiro atoms. The first-order valence-corrected chi connectivity index (χ1v) is 9.72. The topological polar surface area (TPSA) is 47.6 Å². The van der Waals surface area contributed by atoms with Gasteiger partial charge in [-0.2, -0.15) is 0 Å². The average Bonchev–Trinajstić information content (AvgIpc) is 3.06. The zero-order chi connectivity index (χ0) is 16.1. The number of piperazine rings is 1. The van der Waals surface area contributed by atoms with Crippen LogP contribution in [0.1, 0.15) is 51.9 Å². The van der Waals surface area contributed by atoms with Crippen LogP contribution in [0.3, 0.4) is 0 Å². The number of hydrogen-bond donors (Lipinski definition) is 2. The predicted octanol–water partition coefficient (Wildman–Crippen LogP) is 2.03. The second kappa shape index (κ2) is 8.34. The number of carbonyl (C=O) groups is 1. The first kappa shape index (κ1) is 17.0. The molecule has 5 nitrogen and oxygen atoms in total. The minimum atomic E-state index is 0.158. The second-order valence-electron chi connectivity index (χ2n) is 7.76. The summed E-state index contributed by atoms with van der Waals surface area (Å²) >= 11 is 0. The van der Waals surface area contributed by atoms with E-state index in [1.807, 2.05) is 4.90 Å². The number of nitrogens with zero attached hydrogens (tertiary/aromatic N) is 2. The van der Waals surface area contributed by atoms with E-state index in [4.69, 9.17) is 0 Å².